The molecule has 1 aromatic rings. The van der Waals surface area contributed by atoms with Gasteiger partial charge in [-0.05, 0) is 28.7 Å². The molecule has 2 amide bonds. The summed E-state index contributed by atoms with van der Waals surface area (Å²) in [4.78, 5) is 26.6. The fourth-order valence-electron chi connectivity index (χ4n) is 1.27. The van der Waals surface area contributed by atoms with Crippen LogP contribution in [-0.2, 0) is 4.79 Å². The second kappa shape index (κ2) is 8.35. The van der Waals surface area contributed by atoms with Crippen molar-refractivity contribution in [2.24, 2.45) is 5.73 Å². The largest absolute Gasteiger partial charge is 0.476 e. The summed E-state index contributed by atoms with van der Waals surface area (Å²) in [5, 5.41) is 8.98. The lowest BCUT2D eigenvalue weighted by Gasteiger charge is -2.17. The van der Waals surface area contributed by atoms with Crippen molar-refractivity contribution in [2.45, 2.75) is 0 Å². The molecule has 20 heavy (non-hydrogen) atoms. The van der Waals surface area contributed by atoms with Crippen LogP contribution in [0.4, 0.5) is 4.79 Å². The van der Waals surface area contributed by atoms with Crippen molar-refractivity contribution in [3.63, 3.8) is 0 Å². The van der Waals surface area contributed by atoms with Gasteiger partial charge in [0.1, 0.15) is 6.61 Å². The Hall–Kier alpha value is -1.84. The number of rotatable bonds is 7. The minimum Gasteiger partial charge on any atom is -0.476 e. The van der Waals surface area contributed by atoms with Crippen molar-refractivity contribution in [3.05, 3.63) is 34.1 Å². The van der Waals surface area contributed by atoms with Gasteiger partial charge in [0.15, 0.2) is 0 Å². The molecule has 3 N–H and O–H groups in total. The molecule has 1 aromatic heterocycles. The summed E-state index contributed by atoms with van der Waals surface area (Å²) in [6.07, 6.45) is 3.07. The van der Waals surface area contributed by atoms with E-state index in [9.17, 15) is 9.59 Å². The summed E-state index contributed by atoms with van der Waals surface area (Å²) in [6.45, 7) is 0.401. The Bertz CT molecular complexity index is 490. The number of aromatic nitrogens is 1. The second-order valence-electron chi connectivity index (χ2n) is 3.70. The minimum absolute atomic E-state index is 0.0712. The Kier molecular flexibility index (Phi) is 6.77. The molecule has 0 bridgehead atoms. The second-order valence-corrected chi connectivity index (χ2v) is 4.94. The van der Waals surface area contributed by atoms with E-state index in [-0.39, 0.29) is 19.7 Å². The zero-order valence-corrected chi connectivity index (χ0v) is 12.7. The molecule has 0 aliphatic heterocycles. The van der Waals surface area contributed by atoms with Crippen LogP contribution in [0.5, 0.6) is 5.88 Å². The predicted molar refractivity (Wildman–Crippen MR) is 80.4 cm³/mol. The van der Waals surface area contributed by atoms with Crippen LogP contribution < -0.4 is 10.5 Å². The van der Waals surface area contributed by atoms with Gasteiger partial charge in [-0.1, -0.05) is 6.08 Å². The van der Waals surface area contributed by atoms with Crippen molar-refractivity contribution < 1.29 is 19.4 Å². The lowest BCUT2D eigenvalue weighted by Crippen LogP contribution is -2.33. The number of pyridine rings is 1. The molecule has 0 atom stereocenters. The molecule has 0 saturated carbocycles. The van der Waals surface area contributed by atoms with Crippen molar-refractivity contribution in [1.29, 1.82) is 0 Å². The highest BCUT2D eigenvalue weighted by atomic mass is 127. The summed E-state index contributed by atoms with van der Waals surface area (Å²) in [6, 6.07) is 3.55. The Morgan fingerprint density at radius 1 is 1.50 bits per heavy atom. The first-order valence-corrected chi connectivity index (χ1v) is 6.75. The van der Waals surface area contributed by atoms with Gasteiger partial charge in [0.25, 0.3) is 0 Å². The molecular weight excluding hydrogens is 377 g/mol. The molecule has 0 aliphatic carbocycles. The van der Waals surface area contributed by atoms with Gasteiger partial charge in [-0.15, -0.1) is 0 Å². The van der Waals surface area contributed by atoms with Crippen LogP contribution in [-0.4, -0.2) is 46.7 Å². The number of hydrogen-bond acceptors (Lipinski definition) is 4. The molecule has 0 radical (unpaired) electrons. The topological polar surface area (TPSA) is 106 Å². The number of carbonyl (C=O) groups excluding carboxylic acids is 1. The molecule has 0 aliphatic rings. The number of hydrogen-bond donors (Lipinski definition) is 2. The first kappa shape index (κ1) is 16.2. The van der Waals surface area contributed by atoms with Crippen molar-refractivity contribution in [1.82, 2.24) is 9.88 Å². The maximum Gasteiger partial charge on any atom is 0.407 e. The van der Waals surface area contributed by atoms with Crippen molar-refractivity contribution >= 4 is 34.6 Å². The lowest BCUT2D eigenvalue weighted by atomic mass is 10.4. The molecule has 0 unspecified atom stereocenters. The number of carboxylic acid groups (broad SMARTS) is 1. The van der Waals surface area contributed by atoms with Gasteiger partial charge in [-0.25, -0.2) is 9.78 Å². The Balaban J connectivity index is 2.41. The van der Waals surface area contributed by atoms with E-state index in [4.69, 9.17) is 15.6 Å². The summed E-state index contributed by atoms with van der Waals surface area (Å²) < 4.78 is 6.32. The third-order valence-corrected chi connectivity index (χ3v) is 2.83. The van der Waals surface area contributed by atoms with Crippen LogP contribution in [0, 0.1) is 3.57 Å². The maximum absolute atomic E-state index is 11.0. The van der Waals surface area contributed by atoms with Gasteiger partial charge in [-0.3, -0.25) is 4.79 Å². The molecule has 1 rings (SSSR count). The molecule has 1 heterocycles. The van der Waals surface area contributed by atoms with E-state index in [1.165, 1.54) is 6.08 Å². The molecule has 0 saturated heterocycles. The zero-order valence-electron chi connectivity index (χ0n) is 10.5. The normalized spacial score (nSPS) is 10.4. The van der Waals surface area contributed by atoms with Crippen LogP contribution in [0.3, 0.4) is 0 Å². The van der Waals surface area contributed by atoms with Crippen LogP contribution in [0.25, 0.3) is 0 Å². The highest BCUT2D eigenvalue weighted by Crippen LogP contribution is 2.09. The predicted octanol–water partition coefficient (Wildman–Crippen LogP) is 1.09. The van der Waals surface area contributed by atoms with E-state index in [2.05, 4.69) is 27.6 Å². The number of nitrogens with zero attached hydrogens (tertiary/aromatic N) is 2. The number of amides is 2. The van der Waals surface area contributed by atoms with E-state index in [0.717, 1.165) is 14.5 Å². The molecule has 8 heteroatoms. The maximum atomic E-state index is 11.0. The third-order valence-electron chi connectivity index (χ3n) is 2.19. The van der Waals surface area contributed by atoms with Crippen LogP contribution in [0.2, 0.25) is 0 Å². The van der Waals surface area contributed by atoms with E-state index in [1.807, 2.05) is 6.07 Å². The first-order chi connectivity index (χ1) is 9.49. The van der Waals surface area contributed by atoms with Crippen LogP contribution >= 0.6 is 22.6 Å². The average molecular weight is 391 g/mol. The monoisotopic (exact) mass is 391 g/mol. The number of carbonyl (C=O) groups is 2. The van der Waals surface area contributed by atoms with Crippen LogP contribution in [0.1, 0.15) is 0 Å². The summed E-state index contributed by atoms with van der Waals surface area (Å²) >= 11 is 2.12. The highest BCUT2D eigenvalue weighted by Gasteiger charge is 2.09. The number of halogens is 1. The Labute approximate surface area is 129 Å². The van der Waals surface area contributed by atoms with Gasteiger partial charge in [0, 0.05) is 28.5 Å². The van der Waals surface area contributed by atoms with Gasteiger partial charge in [0.2, 0.25) is 11.8 Å². The molecule has 0 aromatic carbocycles. The highest BCUT2D eigenvalue weighted by molar-refractivity contribution is 14.1. The average Bonchev–Trinajstić information content (AvgIpc) is 2.38. The summed E-state index contributed by atoms with van der Waals surface area (Å²) in [5.74, 6) is -0.182. The molecule has 0 fully saturated rings. The van der Waals surface area contributed by atoms with E-state index in [0.29, 0.717) is 5.88 Å². The van der Waals surface area contributed by atoms with Gasteiger partial charge < -0.3 is 20.5 Å². The molecule has 7 nitrogen and oxygen atoms in total. The van der Waals surface area contributed by atoms with E-state index in [1.54, 1.807) is 12.3 Å². The van der Waals surface area contributed by atoms with Crippen molar-refractivity contribution in [2.75, 3.05) is 19.7 Å². The summed E-state index contributed by atoms with van der Waals surface area (Å²) in [5.41, 5.74) is 4.92. The van der Waals surface area contributed by atoms with Gasteiger partial charge in [-0.2, -0.15) is 0 Å². The summed E-state index contributed by atoms with van der Waals surface area (Å²) in [7, 11) is 0. The lowest BCUT2D eigenvalue weighted by molar-refractivity contribution is -0.113. The van der Waals surface area contributed by atoms with Crippen LogP contribution in [0.15, 0.2) is 30.5 Å². The molecular formula is C12H14IN3O4. The smallest absolute Gasteiger partial charge is 0.407 e. The molecule has 0 spiro atoms. The Morgan fingerprint density at radius 2 is 2.25 bits per heavy atom. The quantitative estimate of drug-likeness (QED) is 0.535. The number of primary amides is 1. The standard InChI is InChI=1S/C12H14IN3O4/c13-9-3-4-11(15-8-9)20-7-6-16(12(18)19)5-1-2-10(14)17/h1-4,8H,5-7H2,(H2,14,17)(H,18,19). The number of nitrogens with two attached hydrogens (primary N) is 1. The zero-order chi connectivity index (χ0) is 15.0. The minimum atomic E-state index is -1.10. The number of ether oxygens (including phenoxy) is 1. The van der Waals surface area contributed by atoms with E-state index >= 15 is 0 Å². The molecule has 108 valence electrons. The van der Waals surface area contributed by atoms with Gasteiger partial charge >= 0.3 is 6.09 Å². The van der Waals surface area contributed by atoms with Crippen molar-refractivity contribution in [3.8, 4) is 5.88 Å². The fraction of sp³-hybridized carbons (Fsp3) is 0.250. The SMILES string of the molecule is NC(=O)C=CCN(CCOc1ccc(I)cn1)C(=O)O. The van der Waals surface area contributed by atoms with Gasteiger partial charge in [0.05, 0.1) is 6.54 Å². The first-order valence-electron chi connectivity index (χ1n) is 5.67. The Morgan fingerprint density at radius 3 is 2.80 bits per heavy atom. The third kappa shape index (κ3) is 6.36. The van der Waals surface area contributed by atoms with E-state index < -0.39 is 12.0 Å². The fourth-order valence-corrected chi connectivity index (χ4v) is 1.59.